The highest BCUT2D eigenvalue weighted by Crippen LogP contribution is 2.19. The molecule has 0 fully saturated rings. The highest BCUT2D eigenvalue weighted by atomic mass is 16.5. The van der Waals surface area contributed by atoms with Crippen LogP contribution in [0, 0.1) is 5.92 Å². The van der Waals surface area contributed by atoms with E-state index in [0.29, 0.717) is 12.8 Å². The molecule has 0 rings (SSSR count). The van der Waals surface area contributed by atoms with E-state index < -0.39 is 5.97 Å². The predicted molar refractivity (Wildman–Crippen MR) is 114 cm³/mol. The fraction of sp³-hybridized carbons (Fsp3) is 0.565. The maximum absolute atomic E-state index is 11.1. The van der Waals surface area contributed by atoms with Crippen LogP contribution < -0.4 is 0 Å². The zero-order chi connectivity index (χ0) is 22.2. The molecule has 0 aliphatic carbocycles. The van der Waals surface area contributed by atoms with Crippen LogP contribution in [0.15, 0.2) is 47.1 Å². The molecule has 0 bridgehead atoms. The third-order valence-electron chi connectivity index (χ3n) is 4.74. The molecule has 1 atom stereocenters. The summed E-state index contributed by atoms with van der Waals surface area (Å²) in [6, 6.07) is 0. The van der Waals surface area contributed by atoms with E-state index >= 15 is 0 Å². The fourth-order valence-corrected chi connectivity index (χ4v) is 2.70. The Bertz CT molecular complexity index is 627. The molecule has 1 unspecified atom stereocenters. The van der Waals surface area contributed by atoms with Gasteiger partial charge in [-0.2, -0.15) is 0 Å². The Labute approximate surface area is 174 Å². The van der Waals surface area contributed by atoms with Gasteiger partial charge in [-0.05, 0) is 62.5 Å². The molecular formula is C23H36O6. The minimum atomic E-state index is -0.947. The molecule has 0 aliphatic rings. The smallest absolute Gasteiger partial charge is 0.331 e. The van der Waals surface area contributed by atoms with Crippen molar-refractivity contribution < 1.29 is 29.6 Å². The molecule has 0 saturated carbocycles. The van der Waals surface area contributed by atoms with Crippen molar-refractivity contribution in [1.29, 1.82) is 0 Å². The first-order chi connectivity index (χ1) is 13.7. The van der Waals surface area contributed by atoms with Crippen molar-refractivity contribution >= 4 is 11.9 Å². The zero-order valence-electron chi connectivity index (χ0n) is 17.9. The first-order valence-electron chi connectivity index (χ1n) is 9.99. The van der Waals surface area contributed by atoms with Crippen LogP contribution in [0.5, 0.6) is 0 Å². The Morgan fingerprint density at radius 1 is 1.00 bits per heavy atom. The number of hydrogen-bond acceptors (Lipinski definition) is 5. The first-order valence-corrected chi connectivity index (χ1v) is 9.99. The van der Waals surface area contributed by atoms with Crippen molar-refractivity contribution in [2.24, 2.45) is 5.92 Å². The van der Waals surface area contributed by atoms with Gasteiger partial charge < -0.3 is 20.1 Å². The second kappa shape index (κ2) is 15.7. The van der Waals surface area contributed by atoms with Crippen LogP contribution in [0.2, 0.25) is 0 Å². The summed E-state index contributed by atoms with van der Waals surface area (Å²) < 4.78 is 5.12. The van der Waals surface area contributed by atoms with Gasteiger partial charge in [0.05, 0.1) is 13.2 Å². The monoisotopic (exact) mass is 408 g/mol. The Morgan fingerprint density at radius 2 is 1.62 bits per heavy atom. The molecular weight excluding hydrogens is 372 g/mol. The number of rotatable bonds is 15. The summed E-state index contributed by atoms with van der Waals surface area (Å²) in [5, 5.41) is 27.1. The fourth-order valence-electron chi connectivity index (χ4n) is 2.70. The maximum Gasteiger partial charge on any atom is 0.331 e. The van der Waals surface area contributed by atoms with Gasteiger partial charge in [-0.3, -0.25) is 4.79 Å². The molecule has 0 aromatic rings. The Balaban J connectivity index is 4.66. The average Bonchev–Trinajstić information content (AvgIpc) is 2.68. The van der Waals surface area contributed by atoms with E-state index in [1.54, 1.807) is 6.08 Å². The van der Waals surface area contributed by atoms with Gasteiger partial charge in [-0.15, -0.1) is 0 Å². The van der Waals surface area contributed by atoms with Gasteiger partial charge in [-0.1, -0.05) is 37.3 Å². The van der Waals surface area contributed by atoms with Gasteiger partial charge in [-0.25, -0.2) is 4.79 Å². The van der Waals surface area contributed by atoms with Crippen molar-refractivity contribution in [2.75, 3.05) is 19.8 Å². The molecule has 0 amide bonds. The van der Waals surface area contributed by atoms with Crippen LogP contribution in [-0.2, 0) is 14.3 Å². The number of carboxylic acids is 1. The summed E-state index contributed by atoms with van der Waals surface area (Å²) >= 11 is 0. The second-order valence-electron chi connectivity index (χ2n) is 7.24. The summed E-state index contributed by atoms with van der Waals surface area (Å²) in [5.74, 6) is -1.34. The topological polar surface area (TPSA) is 104 Å². The number of ether oxygens (including phenoxy) is 1. The zero-order valence-corrected chi connectivity index (χ0v) is 17.9. The molecule has 0 saturated heterocycles. The van der Waals surface area contributed by atoms with Crippen LogP contribution in [-0.4, -0.2) is 47.1 Å². The minimum absolute atomic E-state index is 0.0667. The van der Waals surface area contributed by atoms with Gasteiger partial charge in [0.1, 0.15) is 6.61 Å². The number of allylic oxidation sites excluding steroid dienone is 3. The van der Waals surface area contributed by atoms with E-state index in [2.05, 4.69) is 12.7 Å². The van der Waals surface area contributed by atoms with E-state index in [9.17, 15) is 14.7 Å². The number of carbonyl (C=O) groups excluding carboxylic acids is 1. The van der Waals surface area contributed by atoms with E-state index in [1.165, 1.54) is 12.5 Å². The van der Waals surface area contributed by atoms with Crippen molar-refractivity contribution in [2.45, 2.75) is 59.3 Å². The lowest BCUT2D eigenvalue weighted by Gasteiger charge is -2.11. The summed E-state index contributed by atoms with van der Waals surface area (Å²) in [5.41, 5.74) is 3.22. The number of carbonyl (C=O) groups is 2. The normalized spacial score (nSPS) is 13.9. The predicted octanol–water partition coefficient (Wildman–Crippen LogP) is 3.95. The molecule has 0 spiro atoms. The Hall–Kier alpha value is -2.18. The number of hydrogen-bond donors (Lipinski definition) is 3. The molecule has 0 aromatic heterocycles. The highest BCUT2D eigenvalue weighted by molar-refractivity contribution is 5.86. The Morgan fingerprint density at radius 3 is 2.17 bits per heavy atom. The van der Waals surface area contributed by atoms with Crippen LogP contribution in [0.1, 0.15) is 59.3 Å². The molecule has 6 nitrogen and oxygen atoms in total. The van der Waals surface area contributed by atoms with E-state index in [0.717, 1.165) is 36.8 Å². The molecule has 29 heavy (non-hydrogen) atoms. The molecule has 0 aromatic carbocycles. The standard InChI is InChI=1S/C23H36O6/c1-17(11-12-18(2)19(3)23(27)28)7-5-9-22(16-29-20(4)26)10-6-8-21(15-25)13-14-24/h7,10,13,18,24-25H,3,5-6,8-9,11-12,14-16H2,1-2,4H3,(H,27,28). The number of esters is 1. The van der Waals surface area contributed by atoms with Crippen molar-refractivity contribution in [3.63, 3.8) is 0 Å². The lowest BCUT2D eigenvalue weighted by atomic mass is 9.94. The SMILES string of the molecule is C=C(C(=O)O)C(C)CCC(C)=CCCC(=CCCC(=CCO)CO)COC(C)=O. The van der Waals surface area contributed by atoms with Crippen molar-refractivity contribution in [3.8, 4) is 0 Å². The van der Waals surface area contributed by atoms with Gasteiger partial charge >= 0.3 is 11.9 Å². The lowest BCUT2D eigenvalue weighted by molar-refractivity contribution is -0.140. The van der Waals surface area contributed by atoms with Crippen LogP contribution in [0.3, 0.4) is 0 Å². The van der Waals surface area contributed by atoms with E-state index in [-0.39, 0.29) is 37.3 Å². The largest absolute Gasteiger partial charge is 0.478 e. The molecule has 3 N–H and O–H groups in total. The van der Waals surface area contributed by atoms with Gasteiger partial charge in [0.2, 0.25) is 0 Å². The molecule has 0 radical (unpaired) electrons. The van der Waals surface area contributed by atoms with Gasteiger partial charge in [0.25, 0.3) is 0 Å². The molecule has 0 heterocycles. The molecule has 164 valence electrons. The lowest BCUT2D eigenvalue weighted by Crippen LogP contribution is -2.08. The van der Waals surface area contributed by atoms with Crippen LogP contribution in [0.25, 0.3) is 0 Å². The molecule has 6 heteroatoms. The number of aliphatic hydroxyl groups excluding tert-OH is 2. The van der Waals surface area contributed by atoms with Crippen LogP contribution >= 0.6 is 0 Å². The summed E-state index contributed by atoms with van der Waals surface area (Å²) in [6.45, 7) is 8.95. The van der Waals surface area contributed by atoms with Crippen LogP contribution in [0.4, 0.5) is 0 Å². The molecule has 0 aliphatic heterocycles. The quantitative estimate of drug-likeness (QED) is 0.215. The highest BCUT2D eigenvalue weighted by Gasteiger charge is 2.13. The van der Waals surface area contributed by atoms with Gasteiger partial charge in [0, 0.05) is 12.5 Å². The van der Waals surface area contributed by atoms with Gasteiger partial charge in [0.15, 0.2) is 0 Å². The Kier molecular flexibility index (Phi) is 14.5. The third-order valence-corrected chi connectivity index (χ3v) is 4.74. The second-order valence-corrected chi connectivity index (χ2v) is 7.24. The minimum Gasteiger partial charge on any atom is -0.478 e. The third kappa shape index (κ3) is 13.6. The van der Waals surface area contributed by atoms with E-state index in [4.69, 9.17) is 14.9 Å². The summed E-state index contributed by atoms with van der Waals surface area (Å²) in [4.78, 5) is 22.1. The first kappa shape index (κ1) is 26.8. The van der Waals surface area contributed by atoms with E-state index in [1.807, 2.05) is 19.9 Å². The maximum atomic E-state index is 11.1. The summed E-state index contributed by atoms with van der Waals surface area (Å²) in [6.07, 6.45) is 10.2. The number of aliphatic carboxylic acids is 1. The van der Waals surface area contributed by atoms with Crippen molar-refractivity contribution in [3.05, 3.63) is 47.1 Å². The van der Waals surface area contributed by atoms with Crippen molar-refractivity contribution in [1.82, 2.24) is 0 Å². The summed E-state index contributed by atoms with van der Waals surface area (Å²) in [7, 11) is 0. The number of carboxylic acid groups (broad SMARTS) is 1. The number of aliphatic hydroxyl groups is 2. The average molecular weight is 409 g/mol.